The van der Waals surface area contributed by atoms with Gasteiger partial charge in [0.15, 0.2) is 11.6 Å². The summed E-state index contributed by atoms with van der Waals surface area (Å²) in [6, 6.07) is 1.12. The van der Waals surface area contributed by atoms with Crippen LogP contribution in [0.25, 0.3) is 0 Å². The molecule has 1 nitrogen and oxygen atoms in total. The Kier molecular flexibility index (Phi) is 2.93. The zero-order valence-corrected chi connectivity index (χ0v) is 7.92. The van der Waals surface area contributed by atoms with E-state index in [1.807, 2.05) is 0 Å². The number of nitrogens with two attached hydrogens (primary N) is 1. The quantitative estimate of drug-likeness (QED) is 0.587. The van der Waals surface area contributed by atoms with Gasteiger partial charge in [-0.05, 0) is 24.0 Å². The van der Waals surface area contributed by atoms with E-state index in [9.17, 15) is 8.78 Å². The zero-order valence-electron chi connectivity index (χ0n) is 7.10. The SMILES string of the molecule is C=CSc1c(C)cc(F)c(F)c1N. The summed E-state index contributed by atoms with van der Waals surface area (Å²) in [5, 5.41) is 1.52. The van der Waals surface area contributed by atoms with Crippen molar-refractivity contribution in [3.63, 3.8) is 0 Å². The normalized spacial score (nSPS) is 10.1. The van der Waals surface area contributed by atoms with E-state index < -0.39 is 11.6 Å². The molecule has 1 aromatic carbocycles. The number of hydrogen-bond acceptors (Lipinski definition) is 2. The lowest BCUT2D eigenvalue weighted by molar-refractivity contribution is 0.508. The van der Waals surface area contributed by atoms with E-state index >= 15 is 0 Å². The first-order valence-electron chi connectivity index (χ1n) is 3.59. The molecule has 0 saturated carbocycles. The molecular formula is C9H9F2NS. The van der Waals surface area contributed by atoms with Crippen molar-refractivity contribution in [2.75, 3.05) is 5.73 Å². The molecule has 4 heteroatoms. The van der Waals surface area contributed by atoms with E-state index in [1.165, 1.54) is 17.2 Å². The first-order valence-corrected chi connectivity index (χ1v) is 4.47. The Bertz CT molecular complexity index is 350. The third-order valence-electron chi connectivity index (χ3n) is 1.59. The lowest BCUT2D eigenvalue weighted by Gasteiger charge is -2.07. The predicted molar refractivity (Wildman–Crippen MR) is 51.6 cm³/mol. The standard InChI is InChI=1S/C9H9F2NS/c1-3-13-9-5(2)4-6(10)7(11)8(9)12/h3-4H,1,12H2,2H3. The highest BCUT2D eigenvalue weighted by molar-refractivity contribution is 8.02. The van der Waals surface area contributed by atoms with Crippen LogP contribution in [0.5, 0.6) is 0 Å². The second-order valence-electron chi connectivity index (χ2n) is 2.52. The average molecular weight is 201 g/mol. The van der Waals surface area contributed by atoms with Gasteiger partial charge in [0.2, 0.25) is 0 Å². The summed E-state index contributed by atoms with van der Waals surface area (Å²) >= 11 is 1.18. The Morgan fingerprint density at radius 2 is 2.15 bits per heavy atom. The van der Waals surface area contributed by atoms with Crippen LogP contribution in [-0.2, 0) is 0 Å². The second-order valence-corrected chi connectivity index (χ2v) is 3.49. The molecule has 1 rings (SSSR count). The molecule has 13 heavy (non-hydrogen) atoms. The predicted octanol–water partition coefficient (Wildman–Crippen LogP) is 3.09. The molecule has 0 amide bonds. The molecular weight excluding hydrogens is 192 g/mol. The third-order valence-corrected chi connectivity index (χ3v) is 2.54. The maximum atomic E-state index is 12.9. The monoisotopic (exact) mass is 201 g/mol. The molecule has 0 saturated heterocycles. The molecule has 0 aliphatic heterocycles. The van der Waals surface area contributed by atoms with Crippen molar-refractivity contribution in [2.24, 2.45) is 0 Å². The molecule has 0 bridgehead atoms. The Morgan fingerprint density at radius 3 is 2.69 bits per heavy atom. The summed E-state index contributed by atoms with van der Waals surface area (Å²) in [6.45, 7) is 5.15. The highest BCUT2D eigenvalue weighted by Gasteiger charge is 2.13. The molecule has 0 aromatic heterocycles. The minimum Gasteiger partial charge on any atom is -0.395 e. The maximum absolute atomic E-state index is 12.9. The molecule has 0 aliphatic rings. The number of benzene rings is 1. The van der Waals surface area contributed by atoms with E-state index in [-0.39, 0.29) is 5.69 Å². The van der Waals surface area contributed by atoms with E-state index in [1.54, 1.807) is 6.92 Å². The lowest BCUT2D eigenvalue weighted by atomic mass is 10.2. The second kappa shape index (κ2) is 3.79. The van der Waals surface area contributed by atoms with Crippen LogP contribution in [0.15, 0.2) is 22.9 Å². The zero-order chi connectivity index (χ0) is 10.0. The first kappa shape index (κ1) is 10.1. The molecule has 0 unspecified atom stereocenters. The highest BCUT2D eigenvalue weighted by Crippen LogP contribution is 2.32. The van der Waals surface area contributed by atoms with Gasteiger partial charge in [-0.25, -0.2) is 8.78 Å². The fourth-order valence-corrected chi connectivity index (χ4v) is 1.63. The van der Waals surface area contributed by atoms with Gasteiger partial charge in [-0.1, -0.05) is 18.3 Å². The first-order chi connectivity index (χ1) is 6.07. The molecule has 0 radical (unpaired) electrons. The van der Waals surface area contributed by atoms with Gasteiger partial charge in [0, 0.05) is 4.90 Å². The molecule has 70 valence electrons. The Labute approximate surface area is 79.6 Å². The highest BCUT2D eigenvalue weighted by atomic mass is 32.2. The fraction of sp³-hybridized carbons (Fsp3) is 0.111. The van der Waals surface area contributed by atoms with Crippen LogP contribution in [0.4, 0.5) is 14.5 Å². The summed E-state index contributed by atoms with van der Waals surface area (Å²) in [5.74, 6) is -1.90. The molecule has 0 fully saturated rings. The van der Waals surface area contributed by atoms with Gasteiger partial charge in [-0.3, -0.25) is 0 Å². The van der Waals surface area contributed by atoms with Crippen molar-refractivity contribution in [1.82, 2.24) is 0 Å². The van der Waals surface area contributed by atoms with Gasteiger partial charge in [0.1, 0.15) is 0 Å². The molecule has 0 aliphatic carbocycles. The Hall–Kier alpha value is -1.03. The van der Waals surface area contributed by atoms with E-state index in [2.05, 4.69) is 6.58 Å². The van der Waals surface area contributed by atoms with Crippen molar-refractivity contribution in [3.8, 4) is 0 Å². The summed E-state index contributed by atoms with van der Waals surface area (Å²) in [5.41, 5.74) is 5.85. The number of halogens is 2. The molecule has 2 N–H and O–H groups in total. The maximum Gasteiger partial charge on any atom is 0.182 e. The van der Waals surface area contributed by atoms with Gasteiger partial charge in [0.25, 0.3) is 0 Å². The van der Waals surface area contributed by atoms with Crippen molar-refractivity contribution < 1.29 is 8.78 Å². The van der Waals surface area contributed by atoms with Crippen LogP contribution in [0.1, 0.15) is 5.56 Å². The van der Waals surface area contributed by atoms with Crippen molar-refractivity contribution in [3.05, 3.63) is 35.3 Å². The molecule has 0 heterocycles. The fourth-order valence-electron chi connectivity index (χ4n) is 1.000. The molecule has 0 atom stereocenters. The van der Waals surface area contributed by atoms with E-state index in [0.29, 0.717) is 10.5 Å². The number of hydrogen-bond donors (Lipinski definition) is 1. The number of nitrogen functional groups attached to an aromatic ring is 1. The van der Waals surface area contributed by atoms with Crippen molar-refractivity contribution in [2.45, 2.75) is 11.8 Å². The molecule has 1 aromatic rings. The van der Waals surface area contributed by atoms with Crippen LogP contribution in [0, 0.1) is 18.6 Å². The minimum atomic E-state index is -0.991. The Morgan fingerprint density at radius 1 is 1.54 bits per heavy atom. The summed E-state index contributed by atoms with van der Waals surface area (Å²) < 4.78 is 25.7. The summed E-state index contributed by atoms with van der Waals surface area (Å²) in [4.78, 5) is 0.522. The van der Waals surface area contributed by atoms with Crippen LogP contribution in [0.3, 0.4) is 0 Å². The smallest absolute Gasteiger partial charge is 0.182 e. The van der Waals surface area contributed by atoms with E-state index in [0.717, 1.165) is 6.07 Å². The van der Waals surface area contributed by atoms with Crippen LogP contribution in [-0.4, -0.2) is 0 Å². The van der Waals surface area contributed by atoms with Crippen molar-refractivity contribution in [1.29, 1.82) is 0 Å². The minimum absolute atomic E-state index is 0.151. The Balaban J connectivity index is 3.34. The average Bonchev–Trinajstić information content (AvgIpc) is 2.09. The van der Waals surface area contributed by atoms with Crippen LogP contribution < -0.4 is 5.73 Å². The van der Waals surface area contributed by atoms with Crippen LogP contribution in [0.2, 0.25) is 0 Å². The number of aryl methyl sites for hydroxylation is 1. The lowest BCUT2D eigenvalue weighted by Crippen LogP contribution is -1.98. The van der Waals surface area contributed by atoms with Gasteiger partial charge in [0.05, 0.1) is 5.69 Å². The van der Waals surface area contributed by atoms with Crippen molar-refractivity contribution >= 4 is 17.4 Å². The van der Waals surface area contributed by atoms with Gasteiger partial charge < -0.3 is 5.73 Å². The van der Waals surface area contributed by atoms with Gasteiger partial charge in [-0.2, -0.15) is 0 Å². The number of rotatable bonds is 2. The topological polar surface area (TPSA) is 26.0 Å². The van der Waals surface area contributed by atoms with Crippen LogP contribution >= 0.6 is 11.8 Å². The third kappa shape index (κ3) is 1.83. The largest absolute Gasteiger partial charge is 0.395 e. The van der Waals surface area contributed by atoms with Gasteiger partial charge >= 0.3 is 0 Å². The van der Waals surface area contributed by atoms with E-state index in [4.69, 9.17) is 5.73 Å². The number of thioether (sulfide) groups is 1. The number of anilines is 1. The molecule has 0 spiro atoms. The summed E-state index contributed by atoms with van der Waals surface area (Å²) in [7, 11) is 0. The van der Waals surface area contributed by atoms with Gasteiger partial charge in [-0.15, -0.1) is 0 Å². The summed E-state index contributed by atoms with van der Waals surface area (Å²) in [6.07, 6.45) is 0.